The third-order valence-corrected chi connectivity index (χ3v) is 8.20. The number of nitrogens with two attached hydrogens (primary N) is 1. The second-order valence-electron chi connectivity index (χ2n) is 10.9. The summed E-state index contributed by atoms with van der Waals surface area (Å²) in [5, 5.41) is 3.23. The Morgan fingerprint density at radius 1 is 1.04 bits per heavy atom. The maximum absolute atomic E-state index is 14.8. The van der Waals surface area contributed by atoms with E-state index in [0.717, 1.165) is 5.56 Å². The molecule has 1 atom stereocenters. The second kappa shape index (κ2) is 12.7. The fourth-order valence-corrected chi connectivity index (χ4v) is 5.72. The molecule has 2 aliphatic heterocycles. The van der Waals surface area contributed by atoms with Crippen LogP contribution in [0.1, 0.15) is 15.9 Å². The molecule has 2 fully saturated rings. The van der Waals surface area contributed by atoms with Crippen molar-refractivity contribution >= 4 is 29.1 Å². The summed E-state index contributed by atoms with van der Waals surface area (Å²) in [7, 11) is 1.27. The Labute approximate surface area is 258 Å². The number of methoxy groups -OCH3 is 1. The third kappa shape index (κ3) is 5.85. The smallest absolute Gasteiger partial charge is 0.320 e. The van der Waals surface area contributed by atoms with Gasteiger partial charge >= 0.3 is 6.03 Å². The molecule has 14 heteroatoms. The summed E-state index contributed by atoms with van der Waals surface area (Å²) in [6.07, 6.45) is 4.44. The fraction of sp³-hybridized carbons (Fsp3) is 0.355. The van der Waals surface area contributed by atoms with E-state index < -0.39 is 11.6 Å². The molecule has 2 aromatic heterocycles. The number of nitrogens with one attached hydrogen (secondary N) is 1. The quantitative estimate of drug-likeness (QED) is 0.336. The lowest BCUT2D eigenvalue weighted by molar-refractivity contribution is -0.0157. The molecule has 4 aromatic rings. The van der Waals surface area contributed by atoms with Crippen LogP contribution in [0, 0.1) is 18.6 Å². The number of nitrogens with zero attached hydrogens (tertiary/aromatic N) is 6. The molecule has 2 aromatic carbocycles. The van der Waals surface area contributed by atoms with Crippen LogP contribution in [0.15, 0.2) is 48.9 Å². The number of urea groups is 1. The Balaban J connectivity index is 1.13. The number of fused-ring (bicyclic) bond motifs is 1. The minimum absolute atomic E-state index is 0.0307. The number of rotatable bonds is 6. The van der Waals surface area contributed by atoms with Crippen LogP contribution < -0.4 is 15.8 Å². The number of ether oxygens (including phenoxy) is 2. The molecule has 4 heterocycles. The number of carbonyl (C=O) groups is 2. The monoisotopic (exact) mass is 620 g/mol. The lowest BCUT2D eigenvalue weighted by atomic mass is 10.1. The molecule has 2 saturated heterocycles. The van der Waals surface area contributed by atoms with Crippen LogP contribution in [0.3, 0.4) is 0 Å². The number of aromatic nitrogens is 3. The zero-order valence-electron chi connectivity index (χ0n) is 25.0. The molecule has 1 unspecified atom stereocenters. The predicted octanol–water partition coefficient (Wildman–Crippen LogP) is 3.27. The van der Waals surface area contributed by atoms with Gasteiger partial charge in [-0.25, -0.2) is 19.2 Å². The summed E-state index contributed by atoms with van der Waals surface area (Å²) in [6.45, 7) is 5.45. The first-order valence-corrected chi connectivity index (χ1v) is 14.7. The number of carbonyl (C=O) groups excluding carboxylic acids is 2. The van der Waals surface area contributed by atoms with Gasteiger partial charge in [-0.1, -0.05) is 0 Å². The molecule has 3 amide bonds. The number of aryl methyl sites for hydroxylation is 1. The van der Waals surface area contributed by atoms with E-state index in [0.29, 0.717) is 80.8 Å². The number of benzene rings is 2. The van der Waals surface area contributed by atoms with Crippen LogP contribution >= 0.6 is 0 Å². The number of hydrogen-bond donors (Lipinski definition) is 2. The normalized spacial score (nSPS) is 17.1. The van der Waals surface area contributed by atoms with Crippen molar-refractivity contribution in [2.24, 2.45) is 5.73 Å². The summed E-state index contributed by atoms with van der Waals surface area (Å²) in [5.74, 6) is -2.01. The SMILES string of the molecule is COc1ccc(-c2cnc3c(Nc4ccc(C(=O)N5CCN(C(=O)N6CCOC(CN)C6)CC5)c(C)c4)nccn23)c(F)c1F. The number of halogens is 2. The fourth-order valence-electron chi connectivity index (χ4n) is 5.72. The molecule has 236 valence electrons. The highest BCUT2D eigenvalue weighted by Gasteiger charge is 2.31. The zero-order chi connectivity index (χ0) is 31.7. The molecule has 0 saturated carbocycles. The molecule has 6 rings (SSSR count). The molecule has 2 aliphatic rings. The number of piperazine rings is 1. The molecule has 0 spiro atoms. The van der Waals surface area contributed by atoms with E-state index in [1.165, 1.54) is 31.6 Å². The summed E-state index contributed by atoms with van der Waals surface area (Å²) < 4.78 is 41.3. The van der Waals surface area contributed by atoms with Crippen LogP contribution in [0.2, 0.25) is 0 Å². The van der Waals surface area contributed by atoms with Gasteiger partial charge in [0.2, 0.25) is 5.82 Å². The Morgan fingerprint density at radius 2 is 1.82 bits per heavy atom. The molecular weight excluding hydrogens is 586 g/mol. The maximum atomic E-state index is 14.8. The van der Waals surface area contributed by atoms with Gasteiger partial charge in [-0.15, -0.1) is 0 Å². The topological polar surface area (TPSA) is 131 Å². The molecule has 0 aliphatic carbocycles. The standard InChI is InChI=1S/C31H34F2N8O4/c1-19-15-20(37-28-29-36-17-24(41(29)8-7-35-28)23-5-6-25(44-2)27(33)26(23)32)3-4-22(19)30(42)38-9-11-39(12-10-38)31(43)40-13-14-45-21(16-34)18-40/h3-8,15,17,21H,9-14,16,18,34H2,1-2H3,(H,35,37). The third-order valence-electron chi connectivity index (χ3n) is 8.20. The van der Waals surface area contributed by atoms with Gasteiger partial charge in [0.05, 0.1) is 31.7 Å². The largest absolute Gasteiger partial charge is 0.494 e. The summed E-state index contributed by atoms with van der Waals surface area (Å²) in [4.78, 5) is 40.5. The number of hydrogen-bond acceptors (Lipinski definition) is 8. The Bertz CT molecular complexity index is 1740. The number of amides is 3. The molecule has 3 N–H and O–H groups in total. The first-order chi connectivity index (χ1) is 21.8. The first kappa shape index (κ1) is 30.2. The first-order valence-electron chi connectivity index (χ1n) is 14.7. The van der Waals surface area contributed by atoms with Crippen molar-refractivity contribution in [2.45, 2.75) is 13.0 Å². The van der Waals surface area contributed by atoms with E-state index in [-0.39, 0.29) is 29.4 Å². The van der Waals surface area contributed by atoms with Crippen molar-refractivity contribution in [1.82, 2.24) is 29.1 Å². The van der Waals surface area contributed by atoms with E-state index in [9.17, 15) is 18.4 Å². The van der Waals surface area contributed by atoms with Gasteiger partial charge < -0.3 is 35.2 Å². The minimum atomic E-state index is -1.08. The Morgan fingerprint density at radius 3 is 2.56 bits per heavy atom. The zero-order valence-corrected chi connectivity index (χ0v) is 25.0. The Hall–Kier alpha value is -4.82. The lowest BCUT2D eigenvalue weighted by Crippen LogP contribution is -2.57. The van der Waals surface area contributed by atoms with Crippen LogP contribution in [-0.4, -0.2) is 107 Å². The average molecular weight is 621 g/mol. The van der Waals surface area contributed by atoms with Crippen LogP contribution in [0.5, 0.6) is 5.75 Å². The van der Waals surface area contributed by atoms with E-state index in [4.69, 9.17) is 15.2 Å². The summed E-state index contributed by atoms with van der Waals surface area (Å²) >= 11 is 0. The van der Waals surface area contributed by atoms with Crippen LogP contribution in [0.4, 0.5) is 25.1 Å². The van der Waals surface area contributed by atoms with Gasteiger partial charge in [0.15, 0.2) is 23.0 Å². The number of anilines is 2. The average Bonchev–Trinajstić information content (AvgIpc) is 3.50. The highest BCUT2D eigenvalue weighted by molar-refractivity contribution is 5.96. The highest BCUT2D eigenvalue weighted by atomic mass is 19.2. The second-order valence-corrected chi connectivity index (χ2v) is 10.9. The van der Waals surface area contributed by atoms with Gasteiger partial charge in [0.1, 0.15) is 0 Å². The van der Waals surface area contributed by atoms with Gasteiger partial charge in [-0.05, 0) is 42.8 Å². The van der Waals surface area contributed by atoms with Crippen molar-refractivity contribution in [1.29, 1.82) is 0 Å². The number of imidazole rings is 1. The van der Waals surface area contributed by atoms with E-state index in [2.05, 4.69) is 15.3 Å². The van der Waals surface area contributed by atoms with Crippen molar-refractivity contribution < 1.29 is 27.8 Å². The lowest BCUT2D eigenvalue weighted by Gasteiger charge is -2.40. The van der Waals surface area contributed by atoms with Crippen molar-refractivity contribution in [3.63, 3.8) is 0 Å². The molecule has 0 bridgehead atoms. The van der Waals surface area contributed by atoms with E-state index >= 15 is 0 Å². The van der Waals surface area contributed by atoms with Crippen molar-refractivity contribution in [2.75, 3.05) is 64.8 Å². The highest BCUT2D eigenvalue weighted by Crippen LogP contribution is 2.31. The maximum Gasteiger partial charge on any atom is 0.320 e. The molecule has 12 nitrogen and oxygen atoms in total. The van der Waals surface area contributed by atoms with Crippen molar-refractivity contribution in [3.05, 3.63) is 71.7 Å². The minimum Gasteiger partial charge on any atom is -0.494 e. The molecule has 0 radical (unpaired) electrons. The van der Waals surface area contributed by atoms with E-state index in [1.807, 2.05) is 13.0 Å². The molecular formula is C31H34F2N8O4. The summed E-state index contributed by atoms with van der Waals surface area (Å²) in [5.41, 5.74) is 8.49. The van der Waals surface area contributed by atoms with Gasteiger partial charge in [0.25, 0.3) is 5.91 Å². The van der Waals surface area contributed by atoms with E-state index in [1.54, 1.807) is 37.4 Å². The molecule has 45 heavy (non-hydrogen) atoms. The van der Waals surface area contributed by atoms with Gasteiger partial charge in [0, 0.05) is 75.0 Å². The van der Waals surface area contributed by atoms with Gasteiger partial charge in [-0.2, -0.15) is 4.39 Å². The van der Waals surface area contributed by atoms with Crippen molar-refractivity contribution in [3.8, 4) is 17.0 Å². The predicted molar refractivity (Wildman–Crippen MR) is 163 cm³/mol. The Kier molecular flexibility index (Phi) is 8.50. The van der Waals surface area contributed by atoms with Gasteiger partial charge in [-0.3, -0.25) is 9.20 Å². The number of morpholine rings is 1. The summed E-state index contributed by atoms with van der Waals surface area (Å²) in [6, 6.07) is 8.12. The van der Waals surface area contributed by atoms with Crippen LogP contribution in [-0.2, 0) is 4.74 Å². The van der Waals surface area contributed by atoms with Crippen LogP contribution in [0.25, 0.3) is 16.9 Å².